The highest BCUT2D eigenvalue weighted by Gasteiger charge is 2.51. The molecule has 0 aliphatic heterocycles. The summed E-state index contributed by atoms with van der Waals surface area (Å²) in [6.07, 6.45) is 0. The van der Waals surface area contributed by atoms with Crippen molar-refractivity contribution in [2.45, 2.75) is 5.41 Å². The van der Waals surface area contributed by atoms with E-state index in [9.17, 15) is 4.79 Å². The lowest BCUT2D eigenvalue weighted by atomic mass is 9.70. The zero-order chi connectivity index (χ0) is 26.4. The summed E-state index contributed by atoms with van der Waals surface area (Å²) >= 11 is 0. The minimum absolute atomic E-state index is 0.303. The van der Waals surface area contributed by atoms with Crippen LogP contribution in [0.1, 0.15) is 22.3 Å². The van der Waals surface area contributed by atoms with Gasteiger partial charge < -0.3 is 4.42 Å². The third-order valence-corrected chi connectivity index (χ3v) is 8.95. The molecule has 0 radical (unpaired) electrons. The lowest BCUT2D eigenvalue weighted by Crippen LogP contribution is -2.25. The molecule has 9 rings (SSSR count). The summed E-state index contributed by atoms with van der Waals surface area (Å²) in [5.74, 6) is 0. The van der Waals surface area contributed by atoms with Gasteiger partial charge in [0.05, 0.1) is 10.8 Å². The highest BCUT2D eigenvalue weighted by atomic mass is 16.4. The fraction of sp³-hybridized carbons (Fsp3) is 0.0263. The quantitative estimate of drug-likeness (QED) is 0.163. The summed E-state index contributed by atoms with van der Waals surface area (Å²) in [6, 6.07) is 47.2. The summed E-state index contributed by atoms with van der Waals surface area (Å²) in [7, 11) is 0. The molecular formula is C38H22O2. The third kappa shape index (κ3) is 2.56. The molecule has 40 heavy (non-hydrogen) atoms. The molecule has 6 aromatic carbocycles. The maximum atomic E-state index is 12.8. The van der Waals surface area contributed by atoms with Gasteiger partial charge in [0, 0.05) is 10.8 Å². The molecule has 0 amide bonds. The van der Waals surface area contributed by atoms with E-state index in [0.29, 0.717) is 11.0 Å². The molecule has 2 nitrogen and oxygen atoms in total. The maximum Gasteiger partial charge on any atom is 0.344 e. The van der Waals surface area contributed by atoms with Crippen molar-refractivity contribution in [3.8, 4) is 33.4 Å². The van der Waals surface area contributed by atoms with Crippen LogP contribution in [0.4, 0.5) is 0 Å². The van der Waals surface area contributed by atoms with Gasteiger partial charge in [-0.15, -0.1) is 0 Å². The zero-order valence-electron chi connectivity index (χ0n) is 21.5. The fourth-order valence-corrected chi connectivity index (χ4v) is 7.43. The summed E-state index contributed by atoms with van der Waals surface area (Å²) in [6.45, 7) is 0. The highest BCUT2D eigenvalue weighted by molar-refractivity contribution is 6.12. The Bertz CT molecular complexity index is 2190. The molecule has 0 saturated carbocycles. The Morgan fingerprint density at radius 1 is 0.450 bits per heavy atom. The van der Waals surface area contributed by atoms with Crippen LogP contribution in [0.3, 0.4) is 0 Å². The lowest BCUT2D eigenvalue weighted by molar-refractivity contribution is 0.570. The first-order valence-electron chi connectivity index (χ1n) is 13.7. The number of rotatable bonds is 1. The minimum Gasteiger partial charge on any atom is -0.422 e. The summed E-state index contributed by atoms with van der Waals surface area (Å²) in [4.78, 5) is 12.8. The summed E-state index contributed by atoms with van der Waals surface area (Å²) in [5.41, 5.74) is 12.5. The van der Waals surface area contributed by atoms with E-state index < -0.39 is 5.41 Å². The monoisotopic (exact) mass is 510 g/mol. The predicted molar refractivity (Wildman–Crippen MR) is 162 cm³/mol. The normalized spacial score (nSPS) is 13.8. The van der Waals surface area contributed by atoms with Gasteiger partial charge in [-0.05, 0) is 73.8 Å². The topological polar surface area (TPSA) is 30.2 Å². The predicted octanol–water partition coefficient (Wildman–Crippen LogP) is 8.96. The van der Waals surface area contributed by atoms with Gasteiger partial charge in [-0.3, -0.25) is 0 Å². The van der Waals surface area contributed by atoms with Crippen LogP contribution in [0.2, 0.25) is 0 Å². The second-order valence-corrected chi connectivity index (χ2v) is 10.8. The van der Waals surface area contributed by atoms with Crippen molar-refractivity contribution in [2.24, 2.45) is 0 Å². The van der Waals surface area contributed by atoms with Crippen LogP contribution in [-0.2, 0) is 5.41 Å². The molecule has 0 fully saturated rings. The molecule has 0 N–H and O–H groups in total. The van der Waals surface area contributed by atoms with Gasteiger partial charge in [-0.1, -0.05) is 115 Å². The Balaban J connectivity index is 1.41. The number of hydrogen-bond donors (Lipinski definition) is 0. The summed E-state index contributed by atoms with van der Waals surface area (Å²) < 4.78 is 5.81. The van der Waals surface area contributed by atoms with Crippen LogP contribution in [0.25, 0.3) is 55.1 Å². The van der Waals surface area contributed by atoms with E-state index >= 15 is 0 Å². The van der Waals surface area contributed by atoms with Crippen molar-refractivity contribution in [3.05, 3.63) is 166 Å². The SMILES string of the molecule is O=c1oc2cccc(-c3ccc4c(c3)C3(c5ccccc5-c5ccccc53)c3ccccc3-4)c2c2ccccc12. The zero-order valence-corrected chi connectivity index (χ0v) is 21.5. The molecule has 2 aliphatic carbocycles. The van der Waals surface area contributed by atoms with Crippen molar-refractivity contribution in [1.29, 1.82) is 0 Å². The molecule has 7 aromatic rings. The Morgan fingerprint density at radius 2 is 0.975 bits per heavy atom. The molecule has 0 unspecified atom stereocenters. The molecule has 1 aromatic heterocycles. The molecule has 2 aliphatic rings. The van der Waals surface area contributed by atoms with E-state index in [2.05, 4.69) is 97.1 Å². The van der Waals surface area contributed by atoms with E-state index in [-0.39, 0.29) is 5.63 Å². The average Bonchev–Trinajstić information content (AvgIpc) is 3.48. The van der Waals surface area contributed by atoms with E-state index in [4.69, 9.17) is 4.42 Å². The third-order valence-electron chi connectivity index (χ3n) is 8.95. The number of fused-ring (bicyclic) bond motifs is 13. The van der Waals surface area contributed by atoms with Crippen molar-refractivity contribution in [3.63, 3.8) is 0 Å². The van der Waals surface area contributed by atoms with E-state index in [1.54, 1.807) is 0 Å². The van der Waals surface area contributed by atoms with Gasteiger partial charge in [0.15, 0.2) is 0 Å². The van der Waals surface area contributed by atoms with Crippen LogP contribution in [0.5, 0.6) is 0 Å². The molecule has 2 heteroatoms. The molecule has 0 atom stereocenters. The second-order valence-electron chi connectivity index (χ2n) is 10.8. The minimum atomic E-state index is -0.395. The van der Waals surface area contributed by atoms with E-state index in [1.165, 1.54) is 44.5 Å². The van der Waals surface area contributed by atoms with Crippen molar-refractivity contribution in [2.75, 3.05) is 0 Å². The number of hydrogen-bond acceptors (Lipinski definition) is 2. The smallest absolute Gasteiger partial charge is 0.344 e. The maximum absolute atomic E-state index is 12.8. The first kappa shape index (κ1) is 21.7. The van der Waals surface area contributed by atoms with Crippen LogP contribution in [0.15, 0.2) is 143 Å². The second kappa shape index (κ2) is 7.68. The molecule has 1 spiro atoms. The number of benzene rings is 6. The van der Waals surface area contributed by atoms with Crippen molar-refractivity contribution >= 4 is 21.7 Å². The molecule has 0 bridgehead atoms. The summed E-state index contributed by atoms with van der Waals surface area (Å²) in [5, 5.41) is 2.49. The van der Waals surface area contributed by atoms with E-state index in [1.807, 2.05) is 36.4 Å². The standard InChI is InChI=1S/C38H22O2/c39-37-30-14-2-1-13-29(30)36-24(15-9-19-35(36)40-37)23-20-21-28-27-12-5-8-18-33(27)38(34(28)22-23)31-16-6-3-10-25(31)26-11-4-7-17-32(26)38/h1-22H. The van der Waals surface area contributed by atoms with Gasteiger partial charge in [0.25, 0.3) is 0 Å². The van der Waals surface area contributed by atoms with Gasteiger partial charge in [-0.2, -0.15) is 0 Å². The van der Waals surface area contributed by atoms with Crippen molar-refractivity contribution < 1.29 is 4.42 Å². The van der Waals surface area contributed by atoms with Crippen LogP contribution < -0.4 is 5.63 Å². The molecule has 1 heterocycles. The highest BCUT2D eigenvalue weighted by Crippen LogP contribution is 2.63. The fourth-order valence-electron chi connectivity index (χ4n) is 7.43. The van der Waals surface area contributed by atoms with Gasteiger partial charge in [-0.25, -0.2) is 4.79 Å². The van der Waals surface area contributed by atoms with Gasteiger partial charge in [0.1, 0.15) is 5.58 Å². The van der Waals surface area contributed by atoms with E-state index in [0.717, 1.165) is 21.9 Å². The van der Waals surface area contributed by atoms with Crippen LogP contribution in [0, 0.1) is 0 Å². The van der Waals surface area contributed by atoms with Crippen LogP contribution >= 0.6 is 0 Å². The van der Waals surface area contributed by atoms with Gasteiger partial charge >= 0.3 is 5.63 Å². The Morgan fingerprint density at radius 3 is 1.62 bits per heavy atom. The molecule has 186 valence electrons. The molecule has 0 saturated heterocycles. The lowest BCUT2D eigenvalue weighted by Gasteiger charge is -2.30. The average molecular weight is 511 g/mol. The van der Waals surface area contributed by atoms with Gasteiger partial charge in [0.2, 0.25) is 0 Å². The first-order valence-corrected chi connectivity index (χ1v) is 13.7. The first-order chi connectivity index (χ1) is 19.8. The Labute approximate surface area is 230 Å². The van der Waals surface area contributed by atoms with Crippen molar-refractivity contribution in [1.82, 2.24) is 0 Å². The Hall–Kier alpha value is -5.21. The largest absolute Gasteiger partial charge is 0.422 e. The Kier molecular flexibility index (Phi) is 4.16. The van der Waals surface area contributed by atoms with Crippen LogP contribution in [-0.4, -0.2) is 0 Å². The molecular weight excluding hydrogens is 488 g/mol.